The smallest absolute Gasteiger partial charge is 0.322 e. The van der Waals surface area contributed by atoms with Gasteiger partial charge < -0.3 is 30.5 Å². The van der Waals surface area contributed by atoms with E-state index >= 15 is 0 Å². The summed E-state index contributed by atoms with van der Waals surface area (Å²) < 4.78 is 6.09. The maximum Gasteiger partial charge on any atom is 0.322 e. The van der Waals surface area contributed by atoms with Gasteiger partial charge in [0.05, 0.1) is 16.6 Å². The maximum atomic E-state index is 12.8. The average molecular weight is 442 g/mol. The molecule has 2 heterocycles. The number of amides is 1. The number of phenolic OH excluding ortho intramolecular Hbond substituents is 1. The topological polar surface area (TPSA) is 140 Å². The highest BCUT2D eigenvalue weighted by molar-refractivity contribution is 5.96. The van der Waals surface area contributed by atoms with Gasteiger partial charge in [0.1, 0.15) is 12.3 Å². The molecule has 0 aromatic heterocycles. The summed E-state index contributed by atoms with van der Waals surface area (Å²) in [5.41, 5.74) is -0.701. The molecule has 0 radical (unpaired) electrons. The summed E-state index contributed by atoms with van der Waals surface area (Å²) >= 11 is 0. The van der Waals surface area contributed by atoms with E-state index in [1.54, 1.807) is 6.07 Å². The third-order valence-electron chi connectivity index (χ3n) is 8.19. The third kappa shape index (κ3) is 2.40. The number of carbonyl (C=O) groups is 2. The minimum atomic E-state index is -1.40. The highest BCUT2D eigenvalue weighted by atomic mass is 16.5. The molecular weight excluding hydrogens is 416 g/mol. The summed E-state index contributed by atoms with van der Waals surface area (Å²) in [6.45, 7) is 1.02. The molecule has 9 nitrogen and oxygen atoms in total. The molecule has 1 saturated carbocycles. The van der Waals surface area contributed by atoms with Crippen molar-refractivity contribution in [2.45, 2.75) is 55.3 Å². The number of hydrogen-bond donors (Lipinski definition) is 5. The van der Waals surface area contributed by atoms with Crippen molar-refractivity contribution in [3.8, 4) is 11.5 Å². The zero-order valence-electron chi connectivity index (χ0n) is 17.5. The lowest BCUT2D eigenvalue weighted by molar-refractivity contribution is -0.172. The number of hydrogen-bond acceptors (Lipinski definition) is 7. The number of aliphatic hydroxyl groups is 2. The van der Waals surface area contributed by atoms with E-state index < -0.39 is 35.5 Å². The molecule has 2 fully saturated rings. The first kappa shape index (κ1) is 19.9. The number of rotatable bonds is 5. The van der Waals surface area contributed by atoms with Gasteiger partial charge in [-0.3, -0.25) is 14.5 Å². The van der Waals surface area contributed by atoms with E-state index in [-0.39, 0.29) is 35.3 Å². The monoisotopic (exact) mass is 442 g/mol. The Labute approximate surface area is 184 Å². The fraction of sp³-hybridized carbons (Fsp3) is 0.565. The standard InChI is InChI=1S/C23H26N2O7/c26-14-4-3-12-7-15-23(31)8-13(21(30)24-9-16(27)28)18(29)20-22(23,17(12)19(14)32-20)5-6-25(15)10-11-1-2-11/h3-4,11,15,20,26,29,31H,1-2,5-10H2,(H,24,30)(H,27,28)/t15-,20+,22+,23-/m1/s1. The minimum absolute atomic E-state index is 0.0524. The van der Waals surface area contributed by atoms with Crippen molar-refractivity contribution >= 4 is 11.9 Å². The molecule has 5 N–H and O–H groups in total. The number of likely N-dealkylation sites (tertiary alicyclic amines) is 1. The summed E-state index contributed by atoms with van der Waals surface area (Å²) in [5.74, 6) is -1.40. The first-order chi connectivity index (χ1) is 15.3. The van der Waals surface area contributed by atoms with Gasteiger partial charge in [0, 0.05) is 24.6 Å². The Balaban J connectivity index is 1.51. The predicted octanol–water partition coefficient (Wildman–Crippen LogP) is 0.579. The first-order valence-electron chi connectivity index (χ1n) is 11.2. The minimum Gasteiger partial charge on any atom is -0.508 e. The molecule has 1 aromatic carbocycles. The van der Waals surface area contributed by atoms with Gasteiger partial charge in [-0.2, -0.15) is 0 Å². The Morgan fingerprint density at radius 3 is 2.75 bits per heavy atom. The molecule has 170 valence electrons. The van der Waals surface area contributed by atoms with E-state index in [4.69, 9.17) is 9.84 Å². The Kier molecular flexibility index (Phi) is 3.97. The number of benzene rings is 1. The molecule has 32 heavy (non-hydrogen) atoms. The number of aliphatic hydroxyl groups excluding tert-OH is 1. The summed E-state index contributed by atoms with van der Waals surface area (Å²) in [5, 5.41) is 45.3. The van der Waals surface area contributed by atoms with E-state index in [9.17, 15) is 24.9 Å². The molecule has 6 rings (SSSR count). The van der Waals surface area contributed by atoms with E-state index in [0.29, 0.717) is 18.8 Å². The van der Waals surface area contributed by atoms with Crippen LogP contribution in [-0.2, 0) is 21.4 Å². The molecule has 2 aliphatic heterocycles. The quantitative estimate of drug-likeness (QED) is 0.446. The van der Waals surface area contributed by atoms with Crippen LogP contribution in [0.2, 0.25) is 0 Å². The number of ether oxygens (including phenoxy) is 1. The van der Waals surface area contributed by atoms with Crippen molar-refractivity contribution in [3.63, 3.8) is 0 Å². The van der Waals surface area contributed by atoms with Crippen LogP contribution in [0, 0.1) is 5.92 Å². The van der Waals surface area contributed by atoms with Gasteiger partial charge in [-0.15, -0.1) is 0 Å². The zero-order valence-corrected chi connectivity index (χ0v) is 17.5. The van der Waals surface area contributed by atoms with E-state index in [1.807, 2.05) is 6.07 Å². The van der Waals surface area contributed by atoms with Crippen LogP contribution < -0.4 is 10.1 Å². The summed E-state index contributed by atoms with van der Waals surface area (Å²) in [6.07, 6.45) is 2.31. The van der Waals surface area contributed by atoms with Crippen LogP contribution in [0.1, 0.15) is 36.8 Å². The van der Waals surface area contributed by atoms with Crippen LogP contribution in [0.25, 0.3) is 0 Å². The number of piperidine rings is 1. The highest BCUT2D eigenvalue weighted by Crippen LogP contribution is 2.66. The normalized spacial score (nSPS) is 34.7. The molecule has 1 saturated heterocycles. The van der Waals surface area contributed by atoms with Crippen LogP contribution in [0.4, 0.5) is 0 Å². The summed E-state index contributed by atoms with van der Waals surface area (Å²) in [4.78, 5) is 26.1. The van der Waals surface area contributed by atoms with Crippen molar-refractivity contribution in [1.29, 1.82) is 0 Å². The number of nitrogens with one attached hydrogen (secondary N) is 1. The summed E-state index contributed by atoms with van der Waals surface area (Å²) in [6, 6.07) is 3.17. The number of carboxylic acids is 1. The van der Waals surface area contributed by atoms with Crippen molar-refractivity contribution < 1.29 is 34.8 Å². The molecule has 0 unspecified atom stereocenters. The van der Waals surface area contributed by atoms with Crippen molar-refractivity contribution in [1.82, 2.24) is 10.2 Å². The Morgan fingerprint density at radius 2 is 2.03 bits per heavy atom. The van der Waals surface area contributed by atoms with Crippen LogP contribution in [-0.4, -0.2) is 74.6 Å². The lowest BCUT2D eigenvalue weighted by Crippen LogP contribution is -2.75. The molecule has 1 amide bonds. The van der Waals surface area contributed by atoms with Gasteiger partial charge in [0.2, 0.25) is 0 Å². The second-order valence-corrected chi connectivity index (χ2v) is 9.87. The first-order valence-corrected chi connectivity index (χ1v) is 11.2. The molecular formula is C23H26N2O7. The second kappa shape index (κ2) is 6.39. The van der Waals surface area contributed by atoms with Gasteiger partial charge >= 0.3 is 5.97 Å². The Hall–Kier alpha value is -2.78. The Morgan fingerprint density at radius 1 is 1.25 bits per heavy atom. The fourth-order valence-electron chi connectivity index (χ4n) is 6.63. The lowest BCUT2D eigenvalue weighted by Gasteiger charge is -2.62. The molecule has 5 aliphatic rings. The number of carboxylic acid groups (broad SMARTS) is 1. The Bertz CT molecular complexity index is 1080. The summed E-state index contributed by atoms with van der Waals surface area (Å²) in [7, 11) is 0. The second-order valence-electron chi connectivity index (χ2n) is 9.87. The number of aromatic hydroxyl groups is 1. The van der Waals surface area contributed by atoms with E-state index in [1.165, 1.54) is 12.8 Å². The highest BCUT2D eigenvalue weighted by Gasteiger charge is 2.73. The van der Waals surface area contributed by atoms with Crippen LogP contribution in [0.5, 0.6) is 11.5 Å². The lowest BCUT2D eigenvalue weighted by atomic mass is 9.49. The predicted molar refractivity (Wildman–Crippen MR) is 110 cm³/mol. The fourth-order valence-corrected chi connectivity index (χ4v) is 6.63. The van der Waals surface area contributed by atoms with Crippen LogP contribution in [0.3, 0.4) is 0 Å². The molecule has 1 aromatic rings. The van der Waals surface area contributed by atoms with E-state index in [2.05, 4.69) is 10.2 Å². The van der Waals surface area contributed by atoms with Gasteiger partial charge in [-0.1, -0.05) is 6.07 Å². The number of aliphatic carboxylic acids is 1. The molecule has 3 aliphatic carbocycles. The third-order valence-corrected chi connectivity index (χ3v) is 8.19. The zero-order chi connectivity index (χ0) is 22.4. The van der Waals surface area contributed by atoms with E-state index in [0.717, 1.165) is 24.2 Å². The van der Waals surface area contributed by atoms with Crippen LogP contribution >= 0.6 is 0 Å². The average Bonchev–Trinajstić information content (AvgIpc) is 3.49. The molecule has 1 spiro atoms. The number of nitrogens with zero attached hydrogens (tertiary/aromatic N) is 1. The largest absolute Gasteiger partial charge is 0.508 e. The number of phenols is 1. The van der Waals surface area contributed by atoms with Crippen molar-refractivity contribution in [3.05, 3.63) is 34.6 Å². The van der Waals surface area contributed by atoms with Crippen LogP contribution in [0.15, 0.2) is 23.5 Å². The molecule has 2 bridgehead atoms. The van der Waals surface area contributed by atoms with Gasteiger partial charge in [0.25, 0.3) is 5.91 Å². The number of carbonyl (C=O) groups excluding carboxylic acids is 1. The van der Waals surface area contributed by atoms with Gasteiger partial charge in [0.15, 0.2) is 17.6 Å². The van der Waals surface area contributed by atoms with Crippen molar-refractivity contribution in [2.24, 2.45) is 5.92 Å². The molecule has 9 heteroatoms. The van der Waals surface area contributed by atoms with Gasteiger partial charge in [-0.25, -0.2) is 0 Å². The SMILES string of the molecule is O=C(O)CNC(=O)C1=C(O)[C@@H]2Oc3c(O)ccc4c3[C@@]23CCN(CC2CC2)[C@H](C4)[C@]3(O)C1. The van der Waals surface area contributed by atoms with Crippen molar-refractivity contribution in [2.75, 3.05) is 19.6 Å². The molecule has 4 atom stereocenters. The van der Waals surface area contributed by atoms with Gasteiger partial charge in [-0.05, 0) is 49.8 Å². The maximum absolute atomic E-state index is 12.8.